The number of hydrogen-bond donors (Lipinski definition) is 0. The first-order valence-corrected chi connectivity index (χ1v) is 29.9. The van der Waals surface area contributed by atoms with E-state index < -0.39 is 23.8 Å². The van der Waals surface area contributed by atoms with Gasteiger partial charge in [0.25, 0.3) is 0 Å². The van der Waals surface area contributed by atoms with E-state index in [0.29, 0.717) is 0 Å². The maximum absolute atomic E-state index is 2.90. The molecule has 11 rings (SSSR count). The minimum Gasteiger partial charge on any atom is -0.0620 e. The van der Waals surface area contributed by atoms with Crippen molar-refractivity contribution in [3.63, 3.8) is 0 Å². The summed E-state index contributed by atoms with van der Waals surface area (Å²) in [5.41, 5.74) is 0. The molecule has 0 amide bonds. The quantitative estimate of drug-likeness (QED) is 0.0998. The summed E-state index contributed by atoms with van der Waals surface area (Å²) < 4.78 is 2.39. The van der Waals surface area contributed by atoms with E-state index in [9.17, 15) is 0 Å². The Balaban J connectivity index is 0.000000177. The van der Waals surface area contributed by atoms with E-state index in [4.69, 9.17) is 0 Å². The molecule has 0 unspecified atom stereocenters. The van der Waals surface area contributed by atoms with Crippen LogP contribution in [-0.4, -0.2) is 32.0 Å². The molecule has 11 aromatic rings. The van der Waals surface area contributed by atoms with Crippen molar-refractivity contribution in [3.8, 4) is 0 Å². The predicted molar refractivity (Wildman–Crippen MR) is 323 cm³/mol. The second-order valence-electron chi connectivity index (χ2n) is 16.0. The Morgan fingerprint density at radius 3 is 0.329 bits per heavy atom. The SMILES string of the molecule is [Ag+].[Ag+].[Se-]c1ccccc1.[Se-]c1ccccc1.c1ccc([PH+](c2ccccc2)c2ccccc2)cc1.c1ccc([PH+](c2ccccc2)c2ccccc2)cc1.c1ccc([PH+](c2ccccc2)c2ccccc2)cc1. The minimum atomic E-state index is -0.877. The third-order valence-electron chi connectivity index (χ3n) is 11.0. The summed E-state index contributed by atoms with van der Waals surface area (Å²) in [5, 5.41) is 12.9. The van der Waals surface area contributed by atoms with Gasteiger partial charge in [0.1, 0.15) is 47.7 Å². The molecular weight excluding hydrogens is 1260 g/mol. The molecule has 0 saturated heterocycles. The summed E-state index contributed by atoms with van der Waals surface area (Å²) >= 11 is 5.80. The minimum absolute atomic E-state index is 0. The van der Waals surface area contributed by atoms with Crippen LogP contribution in [0.25, 0.3) is 0 Å². The van der Waals surface area contributed by atoms with Crippen LogP contribution in [0.3, 0.4) is 0 Å². The normalized spacial score (nSPS) is 9.90. The molecule has 0 fully saturated rings. The Labute approximate surface area is 486 Å². The van der Waals surface area contributed by atoms with Crippen LogP contribution in [0.15, 0.2) is 334 Å². The van der Waals surface area contributed by atoms with Gasteiger partial charge in [0.05, 0.1) is 23.8 Å². The van der Waals surface area contributed by atoms with Crippen molar-refractivity contribution in [1.82, 2.24) is 0 Å². The zero-order chi connectivity index (χ0) is 49.0. The van der Waals surface area contributed by atoms with Crippen LogP contribution < -0.4 is 56.7 Å². The zero-order valence-corrected chi connectivity index (χ0v) is 49.6. The Kier molecular flexibility index (Phi) is 28.1. The van der Waals surface area contributed by atoms with Crippen LogP contribution in [0.2, 0.25) is 0 Å². The molecule has 0 aliphatic heterocycles. The van der Waals surface area contributed by atoms with E-state index in [1.807, 2.05) is 60.7 Å². The van der Waals surface area contributed by atoms with Crippen LogP contribution in [0.4, 0.5) is 0 Å². The van der Waals surface area contributed by atoms with Crippen molar-refractivity contribution >= 4 is 112 Å². The monoisotopic (exact) mass is 1320 g/mol. The molecule has 0 aromatic heterocycles. The molecule has 0 atom stereocenters. The van der Waals surface area contributed by atoms with Crippen molar-refractivity contribution in [1.29, 1.82) is 0 Å². The van der Waals surface area contributed by atoms with Gasteiger partial charge in [-0.2, -0.15) is 0 Å². The van der Waals surface area contributed by atoms with Crippen molar-refractivity contribution in [2.75, 3.05) is 0 Å². The van der Waals surface area contributed by atoms with Crippen LogP contribution in [-0.2, 0) is 44.8 Å². The van der Waals surface area contributed by atoms with Gasteiger partial charge in [-0.3, -0.25) is 0 Å². The summed E-state index contributed by atoms with van der Waals surface area (Å²) in [7, 11) is -2.63. The van der Waals surface area contributed by atoms with Gasteiger partial charge < -0.3 is 0 Å². The average molecular weight is 1320 g/mol. The molecule has 368 valence electrons. The summed E-state index contributed by atoms with van der Waals surface area (Å²) in [6, 6.07) is 118. The third kappa shape index (κ3) is 20.1. The van der Waals surface area contributed by atoms with Gasteiger partial charge >= 0.3 is 146 Å². The van der Waals surface area contributed by atoms with Gasteiger partial charge in [-0.15, -0.1) is 0 Å². The Morgan fingerprint density at radius 1 is 0.151 bits per heavy atom. The fourth-order valence-electron chi connectivity index (χ4n) is 7.78. The number of rotatable bonds is 9. The predicted octanol–water partition coefficient (Wildman–Crippen LogP) is 10.5. The Bertz CT molecular complexity index is 2460. The van der Waals surface area contributed by atoms with Crippen molar-refractivity contribution in [2.24, 2.45) is 0 Å². The van der Waals surface area contributed by atoms with Crippen molar-refractivity contribution in [3.05, 3.63) is 334 Å². The number of benzene rings is 11. The van der Waals surface area contributed by atoms with Crippen molar-refractivity contribution < 1.29 is 44.8 Å². The zero-order valence-electron chi connectivity index (χ0n) is 40.2. The van der Waals surface area contributed by atoms with Gasteiger partial charge in [-0.25, -0.2) is 0 Å². The summed E-state index contributed by atoms with van der Waals surface area (Å²) in [6.07, 6.45) is 0. The van der Waals surface area contributed by atoms with Gasteiger partial charge in [0.2, 0.25) is 0 Å². The Morgan fingerprint density at radius 2 is 0.247 bits per heavy atom. The molecule has 0 heterocycles. The third-order valence-corrected chi connectivity index (χ3v) is 20.4. The summed E-state index contributed by atoms with van der Waals surface area (Å²) in [6.45, 7) is 0. The molecule has 0 aliphatic carbocycles. The topological polar surface area (TPSA) is 0 Å². The second-order valence-corrected chi connectivity index (χ2v) is 25.5. The smallest absolute Gasteiger partial charge is 0.0620 e. The van der Waals surface area contributed by atoms with Gasteiger partial charge in [-0.1, -0.05) is 164 Å². The fraction of sp³-hybridized carbons (Fsp3) is 0. The van der Waals surface area contributed by atoms with E-state index >= 15 is 0 Å². The molecule has 73 heavy (non-hydrogen) atoms. The largest absolute Gasteiger partial charge is 0.102 e. The molecule has 0 N–H and O–H groups in total. The fourth-order valence-corrected chi connectivity index (χ4v) is 16.2. The molecule has 7 heteroatoms. The van der Waals surface area contributed by atoms with Gasteiger partial charge in [-0.05, 0) is 109 Å². The van der Waals surface area contributed by atoms with E-state index in [-0.39, 0.29) is 44.8 Å². The van der Waals surface area contributed by atoms with E-state index in [1.165, 1.54) is 56.7 Å². The molecule has 0 aliphatic rings. The van der Waals surface area contributed by atoms with Gasteiger partial charge in [0.15, 0.2) is 0 Å². The standard InChI is InChI=1S/3C18H15P.2C6H6Se.2Ag/c3*1-4-10-16(11-5-1)19(17-12-6-2-7-13-17)18-14-8-3-9-15-18;2*7-6-4-2-1-3-5-6;;/h3*1-15H;2*1-5,7H;;/q;;;;;2*+1/p+1. The molecule has 0 saturated carbocycles. The van der Waals surface area contributed by atoms with E-state index in [0.717, 1.165) is 0 Å². The maximum atomic E-state index is 2.90. The molecule has 11 aromatic carbocycles. The molecule has 0 spiro atoms. The first-order valence-electron chi connectivity index (χ1n) is 23.7. The molecule has 0 radical (unpaired) electrons. The van der Waals surface area contributed by atoms with Crippen LogP contribution in [0, 0.1) is 0 Å². The maximum Gasteiger partial charge on any atom is 0.102 e. The molecular formula is C66H58Ag2P3Se2+3. The van der Waals surface area contributed by atoms with Gasteiger partial charge in [0, 0.05) is 0 Å². The second kappa shape index (κ2) is 34.7. The number of hydrogen-bond acceptors (Lipinski definition) is 0. The first kappa shape index (κ1) is 59.1. The summed E-state index contributed by atoms with van der Waals surface area (Å²) in [5.74, 6) is 0. The first-order chi connectivity index (χ1) is 35.1. The van der Waals surface area contributed by atoms with Crippen LogP contribution in [0.5, 0.6) is 0 Å². The van der Waals surface area contributed by atoms with Crippen LogP contribution in [0.1, 0.15) is 0 Å². The van der Waals surface area contributed by atoms with E-state index in [1.54, 1.807) is 0 Å². The van der Waals surface area contributed by atoms with E-state index in [2.05, 4.69) is 305 Å². The summed E-state index contributed by atoms with van der Waals surface area (Å²) in [4.78, 5) is 0. The van der Waals surface area contributed by atoms with Crippen LogP contribution >= 0.6 is 23.8 Å². The molecule has 0 bridgehead atoms. The average Bonchev–Trinajstić information content (AvgIpc) is 3.45. The van der Waals surface area contributed by atoms with Crippen molar-refractivity contribution in [2.45, 2.75) is 0 Å². The molecule has 0 nitrogen and oxygen atoms in total. The Hall–Kier alpha value is -4.77.